The van der Waals surface area contributed by atoms with Gasteiger partial charge in [-0.15, -0.1) is 0 Å². The second-order valence-electron chi connectivity index (χ2n) is 14.7. The summed E-state index contributed by atoms with van der Waals surface area (Å²) in [7, 11) is 0. The van der Waals surface area contributed by atoms with Crippen LogP contribution in [0.1, 0.15) is 63.8 Å². The Hall–Kier alpha value is -5.78. The maximum atomic E-state index is 3.36. The fourth-order valence-corrected chi connectivity index (χ4v) is 7.15. The molecule has 1 aliphatic rings. The maximum Gasteiger partial charge on any atom is 0.0494 e. The number of para-hydroxylation sites is 1. The van der Waals surface area contributed by atoms with Gasteiger partial charge in [-0.05, 0) is 137 Å². The number of nitrogens with zero attached hydrogens (tertiary/aromatic N) is 1. The van der Waals surface area contributed by atoms with Gasteiger partial charge in [0.15, 0.2) is 0 Å². The number of aryl methyl sites for hydroxylation is 1. The summed E-state index contributed by atoms with van der Waals surface area (Å²) in [6, 6.07) is 36.3. The lowest BCUT2D eigenvalue weighted by molar-refractivity contribution is 0.590. The van der Waals surface area contributed by atoms with Gasteiger partial charge in [-0.3, -0.25) is 0 Å². The Labute approximate surface area is 302 Å². The minimum Gasteiger partial charge on any atom is -0.362 e. The Morgan fingerprint density at radius 3 is 2.31 bits per heavy atom. The van der Waals surface area contributed by atoms with Crippen LogP contribution in [-0.2, 0) is 11.8 Å². The molecule has 0 atom stereocenters. The van der Waals surface area contributed by atoms with Crippen LogP contribution >= 0.6 is 0 Å². The fourth-order valence-electron chi connectivity index (χ4n) is 7.15. The van der Waals surface area contributed by atoms with E-state index in [-0.39, 0.29) is 5.41 Å². The van der Waals surface area contributed by atoms with Crippen LogP contribution in [0.3, 0.4) is 0 Å². The number of nitrogens with one attached hydrogen (secondary N) is 1. The molecule has 6 aromatic rings. The standard InChI is InChI=1S/C49H46N2/c1-35(2)51-47-19-13-12-18-45(47)46-34-39(23-31-48(46)51)43-30-22-38-33-37(21-28-42(38)44(43)29-20-36-15-10-8-11-16-36)17-9-6-7-14-32-50-41-26-24-40(25-27-41)49(3,4)5/h6-7,9-10,12-19,21-28,30-35,50H,20,29H2,1-5H3/b7-6-,17-9-,32-14+. The van der Waals surface area contributed by atoms with E-state index in [4.69, 9.17) is 0 Å². The Balaban J connectivity index is 1.15. The molecule has 1 aliphatic carbocycles. The van der Waals surface area contributed by atoms with Gasteiger partial charge in [0.1, 0.15) is 0 Å². The van der Waals surface area contributed by atoms with E-state index >= 15 is 0 Å². The summed E-state index contributed by atoms with van der Waals surface area (Å²) in [5, 5.41) is 8.54. The van der Waals surface area contributed by atoms with E-state index in [1.165, 1.54) is 66.0 Å². The van der Waals surface area contributed by atoms with Crippen molar-refractivity contribution >= 4 is 44.3 Å². The number of rotatable bonds is 10. The molecule has 0 aliphatic heterocycles. The van der Waals surface area contributed by atoms with Gasteiger partial charge in [0, 0.05) is 39.7 Å². The minimum absolute atomic E-state index is 0.160. The summed E-state index contributed by atoms with van der Waals surface area (Å²) in [5.74, 6) is 0. The van der Waals surface area contributed by atoms with E-state index in [0.29, 0.717) is 6.04 Å². The topological polar surface area (TPSA) is 17.0 Å². The van der Waals surface area contributed by atoms with Crippen LogP contribution in [0.4, 0.5) is 5.69 Å². The predicted molar refractivity (Wildman–Crippen MR) is 221 cm³/mol. The third-order valence-corrected chi connectivity index (χ3v) is 9.80. The molecule has 0 saturated carbocycles. The minimum atomic E-state index is 0.160. The summed E-state index contributed by atoms with van der Waals surface area (Å²) < 4.78 is 2.46. The zero-order valence-corrected chi connectivity index (χ0v) is 30.4. The first-order valence-electron chi connectivity index (χ1n) is 18.1. The molecule has 0 fully saturated rings. The predicted octanol–water partition coefficient (Wildman–Crippen LogP) is 13.4. The van der Waals surface area contributed by atoms with Crippen LogP contribution in [0.5, 0.6) is 0 Å². The number of hydrogen-bond acceptors (Lipinski definition) is 1. The Morgan fingerprint density at radius 2 is 1.53 bits per heavy atom. The van der Waals surface area contributed by atoms with Gasteiger partial charge in [-0.2, -0.15) is 0 Å². The van der Waals surface area contributed by atoms with Crippen LogP contribution < -0.4 is 5.32 Å². The van der Waals surface area contributed by atoms with Gasteiger partial charge in [0.05, 0.1) is 0 Å². The second kappa shape index (κ2) is 14.6. The highest BCUT2D eigenvalue weighted by molar-refractivity contribution is 6.09. The van der Waals surface area contributed by atoms with Crippen molar-refractivity contribution in [2.45, 2.75) is 58.9 Å². The zero-order chi connectivity index (χ0) is 35.4. The number of fused-ring (bicyclic) bond motifs is 4. The molecule has 1 heterocycles. The summed E-state index contributed by atoms with van der Waals surface area (Å²) >= 11 is 0. The van der Waals surface area contributed by atoms with Crippen molar-refractivity contribution in [1.82, 2.24) is 4.57 Å². The van der Waals surface area contributed by atoms with Gasteiger partial charge >= 0.3 is 0 Å². The van der Waals surface area contributed by atoms with Crippen LogP contribution in [0.2, 0.25) is 0 Å². The third-order valence-electron chi connectivity index (χ3n) is 9.80. The molecule has 0 spiro atoms. The molecule has 7 rings (SSSR count). The van der Waals surface area contributed by atoms with E-state index in [1.54, 1.807) is 0 Å². The lowest BCUT2D eigenvalue weighted by atomic mass is 9.87. The molecule has 2 nitrogen and oxygen atoms in total. The number of hydrogen-bond donors (Lipinski definition) is 1. The van der Waals surface area contributed by atoms with E-state index < -0.39 is 0 Å². The van der Waals surface area contributed by atoms with Crippen molar-refractivity contribution in [2.24, 2.45) is 0 Å². The molecular weight excluding hydrogens is 617 g/mol. The maximum absolute atomic E-state index is 3.36. The quantitative estimate of drug-likeness (QED) is 0.114. The molecular formula is C49H46N2. The van der Waals surface area contributed by atoms with Gasteiger partial charge in [-0.25, -0.2) is 0 Å². The fraction of sp³-hybridized carbons (Fsp3) is 0.184. The number of anilines is 1. The van der Waals surface area contributed by atoms with Crippen molar-refractivity contribution in [2.75, 3.05) is 5.32 Å². The summed E-state index contributed by atoms with van der Waals surface area (Å²) in [6.45, 7) is 11.2. The molecule has 0 saturated heterocycles. The molecule has 5 aromatic carbocycles. The van der Waals surface area contributed by atoms with Crippen LogP contribution in [-0.4, -0.2) is 4.57 Å². The smallest absolute Gasteiger partial charge is 0.0494 e. The average molecular weight is 663 g/mol. The summed E-state index contributed by atoms with van der Waals surface area (Å²) in [5.41, 5.74) is 17.7. The largest absolute Gasteiger partial charge is 0.362 e. The molecule has 1 aromatic heterocycles. The average Bonchev–Trinajstić information content (AvgIpc) is 3.47. The van der Waals surface area contributed by atoms with Crippen molar-refractivity contribution < 1.29 is 0 Å². The summed E-state index contributed by atoms with van der Waals surface area (Å²) in [4.78, 5) is 0. The Kier molecular flexibility index (Phi) is 9.65. The lowest BCUT2D eigenvalue weighted by Crippen LogP contribution is -2.10. The molecule has 252 valence electrons. The number of allylic oxidation sites excluding steroid dienone is 8. The molecule has 0 radical (unpaired) electrons. The zero-order valence-electron chi connectivity index (χ0n) is 30.4. The van der Waals surface area contributed by atoms with Crippen LogP contribution in [0.25, 0.3) is 49.8 Å². The monoisotopic (exact) mass is 662 g/mol. The van der Waals surface area contributed by atoms with E-state index in [1.807, 2.05) is 24.4 Å². The highest BCUT2D eigenvalue weighted by Gasteiger charge is 2.16. The Bertz CT molecular complexity index is 2450. The van der Waals surface area contributed by atoms with Gasteiger partial charge < -0.3 is 9.88 Å². The van der Waals surface area contributed by atoms with Crippen molar-refractivity contribution in [3.63, 3.8) is 0 Å². The molecule has 51 heavy (non-hydrogen) atoms. The molecule has 0 bridgehead atoms. The molecule has 2 heteroatoms. The normalized spacial score (nSPS) is 13.3. The van der Waals surface area contributed by atoms with Crippen molar-refractivity contribution in [3.05, 3.63) is 180 Å². The highest BCUT2D eigenvalue weighted by atomic mass is 15.0. The van der Waals surface area contributed by atoms with Gasteiger partial charge in [-0.1, -0.05) is 117 Å². The number of benzene rings is 5. The van der Waals surface area contributed by atoms with Crippen LogP contribution in [0.15, 0.2) is 163 Å². The third kappa shape index (κ3) is 7.40. The van der Waals surface area contributed by atoms with Crippen LogP contribution in [0, 0.1) is 0 Å². The van der Waals surface area contributed by atoms with E-state index in [9.17, 15) is 0 Å². The van der Waals surface area contributed by atoms with Gasteiger partial charge in [0.25, 0.3) is 0 Å². The van der Waals surface area contributed by atoms with E-state index in [0.717, 1.165) is 18.5 Å². The first-order chi connectivity index (χ1) is 24.8. The SMILES string of the molecule is CC(C)n1c2ccccc2c2cc(-c3ccc4cc(\C=C/C=C\C=C\Nc5ccc(C(C)(C)C)cc5)ccc4c3CCC3=CC=C=C=C3)ccc21. The number of aromatic nitrogens is 1. The first kappa shape index (κ1) is 33.7. The highest BCUT2D eigenvalue weighted by Crippen LogP contribution is 2.38. The van der Waals surface area contributed by atoms with Gasteiger partial charge in [0.2, 0.25) is 0 Å². The molecule has 0 unspecified atom stereocenters. The van der Waals surface area contributed by atoms with Crippen molar-refractivity contribution in [3.8, 4) is 11.1 Å². The lowest BCUT2D eigenvalue weighted by Gasteiger charge is -2.19. The molecule has 1 N–H and O–H groups in total. The van der Waals surface area contributed by atoms with Crippen molar-refractivity contribution in [1.29, 1.82) is 0 Å². The molecule has 0 amide bonds. The first-order valence-corrected chi connectivity index (χ1v) is 18.1. The van der Waals surface area contributed by atoms with E-state index in [2.05, 4.69) is 183 Å². The Morgan fingerprint density at radius 1 is 0.725 bits per heavy atom. The summed E-state index contributed by atoms with van der Waals surface area (Å²) in [6.07, 6.45) is 20.4. The second-order valence-corrected chi connectivity index (χ2v) is 14.7.